The van der Waals surface area contributed by atoms with E-state index in [0.717, 1.165) is 19.6 Å². The average molecular weight is 492 g/mol. The molecule has 0 bridgehead atoms. The highest BCUT2D eigenvalue weighted by atomic mass is 16.6. The Balaban J connectivity index is 1.46. The molecule has 0 aliphatic carbocycles. The number of morpholine rings is 1. The van der Waals surface area contributed by atoms with Gasteiger partial charge in [-0.15, -0.1) is 0 Å². The van der Waals surface area contributed by atoms with E-state index in [2.05, 4.69) is 0 Å². The molecule has 1 atom stereocenters. The number of ketones is 1. The van der Waals surface area contributed by atoms with E-state index in [9.17, 15) is 24.8 Å². The highest BCUT2D eigenvalue weighted by Gasteiger charge is 2.40. The Labute approximate surface area is 206 Å². The molecule has 1 fully saturated rings. The van der Waals surface area contributed by atoms with Crippen LogP contribution in [0.25, 0.3) is 11.0 Å². The lowest BCUT2D eigenvalue weighted by atomic mass is 9.94. The van der Waals surface area contributed by atoms with Crippen LogP contribution in [-0.4, -0.2) is 60.9 Å². The standard InChI is InChI=1S/C26H25N3O7/c30-24(21-16-18-4-1-2-5-20(18)36-21)22-23(17-6-8-19(9-7-17)29(33)34)28(26(32)25(22)31)11-3-10-27-12-14-35-15-13-27/h1-2,4-9,16,23,31H,3,10-15H2. The molecular formula is C26H25N3O7. The number of carbonyl (C=O) groups is 2. The number of nitrogens with one attached hydrogen (secondary N) is 1. The zero-order valence-corrected chi connectivity index (χ0v) is 19.5. The summed E-state index contributed by atoms with van der Waals surface area (Å²) in [5.74, 6) is -2.31. The topological polar surface area (TPSA) is 130 Å². The van der Waals surface area contributed by atoms with E-state index in [1.165, 1.54) is 34.1 Å². The second-order valence-corrected chi connectivity index (χ2v) is 8.94. The predicted octanol–water partition coefficient (Wildman–Crippen LogP) is 1.03. The maximum absolute atomic E-state index is 13.5. The number of amides is 1. The summed E-state index contributed by atoms with van der Waals surface area (Å²) in [6.07, 6.45) is 0.629. The SMILES string of the molecule is O=C(C1=C([O-])C(=O)N(CCC[NH+]2CCOCC2)C1c1ccc([N+](=O)[O-])cc1)c1cc2ccccc2o1. The van der Waals surface area contributed by atoms with Gasteiger partial charge in [-0.25, -0.2) is 0 Å². The fourth-order valence-corrected chi connectivity index (χ4v) is 4.86. The molecule has 1 N–H and O–H groups in total. The summed E-state index contributed by atoms with van der Waals surface area (Å²) in [5.41, 5.74) is 0.627. The van der Waals surface area contributed by atoms with Gasteiger partial charge in [-0.2, -0.15) is 0 Å². The van der Waals surface area contributed by atoms with Gasteiger partial charge < -0.3 is 24.1 Å². The third-order valence-corrected chi connectivity index (χ3v) is 6.73. The summed E-state index contributed by atoms with van der Waals surface area (Å²) in [7, 11) is 0. The summed E-state index contributed by atoms with van der Waals surface area (Å²) in [6, 6.07) is 13.3. The second kappa shape index (κ2) is 9.92. The van der Waals surface area contributed by atoms with Gasteiger partial charge in [0.15, 0.2) is 5.76 Å². The van der Waals surface area contributed by atoms with Crippen molar-refractivity contribution in [3.8, 4) is 0 Å². The van der Waals surface area contributed by atoms with Crippen molar-refractivity contribution < 1.29 is 33.7 Å². The van der Waals surface area contributed by atoms with E-state index in [1.54, 1.807) is 30.3 Å². The molecule has 1 amide bonds. The number of hydrogen-bond acceptors (Lipinski definition) is 7. The van der Waals surface area contributed by atoms with Gasteiger partial charge in [0, 0.05) is 36.1 Å². The Morgan fingerprint density at radius 2 is 1.83 bits per heavy atom. The van der Waals surface area contributed by atoms with Crippen molar-refractivity contribution in [2.24, 2.45) is 0 Å². The van der Waals surface area contributed by atoms with Crippen LogP contribution in [0.5, 0.6) is 0 Å². The number of fused-ring (bicyclic) bond motifs is 1. The van der Waals surface area contributed by atoms with Crippen molar-refractivity contribution in [2.45, 2.75) is 12.5 Å². The van der Waals surface area contributed by atoms with Crippen LogP contribution in [0.4, 0.5) is 5.69 Å². The summed E-state index contributed by atoms with van der Waals surface area (Å²) in [5, 5.41) is 25.0. The average Bonchev–Trinajstić information content (AvgIpc) is 3.44. The van der Waals surface area contributed by atoms with Crippen LogP contribution in [0.15, 0.2) is 70.3 Å². The van der Waals surface area contributed by atoms with Crippen LogP contribution in [0, 0.1) is 10.1 Å². The van der Waals surface area contributed by atoms with Crippen molar-refractivity contribution in [2.75, 3.05) is 39.4 Å². The van der Waals surface area contributed by atoms with Crippen molar-refractivity contribution in [3.63, 3.8) is 0 Å². The zero-order chi connectivity index (χ0) is 25.2. The fraction of sp³-hybridized carbons (Fsp3) is 0.308. The lowest BCUT2D eigenvalue weighted by Crippen LogP contribution is -3.14. The molecular weight excluding hydrogens is 466 g/mol. The molecule has 186 valence electrons. The number of ether oxygens (including phenoxy) is 1. The maximum atomic E-state index is 13.5. The number of nitrogens with zero attached hydrogens (tertiary/aromatic N) is 2. The Bertz CT molecular complexity index is 1310. The number of hydrogen-bond donors (Lipinski definition) is 1. The van der Waals surface area contributed by atoms with Crippen molar-refractivity contribution in [1.29, 1.82) is 0 Å². The molecule has 3 aromatic rings. The zero-order valence-electron chi connectivity index (χ0n) is 19.5. The molecule has 2 aliphatic heterocycles. The number of furan rings is 1. The molecule has 0 saturated carbocycles. The van der Waals surface area contributed by atoms with Gasteiger partial charge >= 0.3 is 0 Å². The van der Waals surface area contributed by atoms with Crippen molar-refractivity contribution in [1.82, 2.24) is 4.90 Å². The minimum Gasteiger partial charge on any atom is -0.868 e. The molecule has 3 heterocycles. The third kappa shape index (κ3) is 4.48. The number of nitro groups is 1. The molecule has 2 aliphatic rings. The van der Waals surface area contributed by atoms with Gasteiger partial charge in [0.2, 0.25) is 11.7 Å². The van der Waals surface area contributed by atoms with E-state index >= 15 is 0 Å². The molecule has 0 radical (unpaired) electrons. The van der Waals surface area contributed by atoms with Crippen LogP contribution >= 0.6 is 0 Å². The minimum atomic E-state index is -0.953. The molecule has 1 unspecified atom stereocenters. The molecule has 0 spiro atoms. The third-order valence-electron chi connectivity index (χ3n) is 6.73. The van der Waals surface area contributed by atoms with Crippen LogP contribution in [0.3, 0.4) is 0 Å². The Hall–Kier alpha value is -4.02. The Kier molecular flexibility index (Phi) is 6.53. The predicted molar refractivity (Wildman–Crippen MR) is 126 cm³/mol. The highest BCUT2D eigenvalue weighted by molar-refractivity contribution is 6.15. The first-order valence-electron chi connectivity index (χ1n) is 11.8. The van der Waals surface area contributed by atoms with Crippen molar-refractivity contribution >= 4 is 28.3 Å². The number of nitro benzene ring substituents is 1. The van der Waals surface area contributed by atoms with Crippen molar-refractivity contribution in [3.05, 3.63) is 87.4 Å². The van der Waals surface area contributed by atoms with Crippen LogP contribution < -0.4 is 10.0 Å². The lowest BCUT2D eigenvalue weighted by molar-refractivity contribution is -0.908. The molecule has 2 aromatic carbocycles. The first-order chi connectivity index (χ1) is 17.4. The van der Waals surface area contributed by atoms with Gasteiger partial charge in [0.05, 0.1) is 30.7 Å². The number of benzene rings is 2. The first-order valence-corrected chi connectivity index (χ1v) is 11.8. The van der Waals surface area contributed by atoms with E-state index in [0.29, 0.717) is 36.2 Å². The van der Waals surface area contributed by atoms with Gasteiger partial charge in [0.25, 0.3) is 5.69 Å². The molecule has 36 heavy (non-hydrogen) atoms. The fourth-order valence-electron chi connectivity index (χ4n) is 4.86. The number of quaternary nitrogens is 1. The minimum absolute atomic E-state index is 0.0288. The van der Waals surface area contributed by atoms with Crippen LogP contribution in [0.2, 0.25) is 0 Å². The van der Waals surface area contributed by atoms with Crippen LogP contribution in [-0.2, 0) is 9.53 Å². The Morgan fingerprint density at radius 3 is 2.53 bits per heavy atom. The maximum Gasteiger partial charge on any atom is 0.269 e. The van der Waals surface area contributed by atoms with Gasteiger partial charge in [0.1, 0.15) is 18.7 Å². The number of para-hydroxylation sites is 1. The Morgan fingerprint density at radius 1 is 1.11 bits per heavy atom. The van der Waals surface area contributed by atoms with Gasteiger partial charge in [-0.05, 0) is 35.6 Å². The van der Waals surface area contributed by atoms with E-state index in [-0.39, 0.29) is 23.6 Å². The highest BCUT2D eigenvalue weighted by Crippen LogP contribution is 2.39. The van der Waals surface area contributed by atoms with Crippen LogP contribution in [0.1, 0.15) is 28.6 Å². The summed E-state index contributed by atoms with van der Waals surface area (Å²) < 4.78 is 11.1. The summed E-state index contributed by atoms with van der Waals surface area (Å²) in [6.45, 7) is 4.19. The normalized spacial score (nSPS) is 18.8. The van der Waals surface area contributed by atoms with Gasteiger partial charge in [-0.1, -0.05) is 18.2 Å². The molecule has 10 heteroatoms. The monoisotopic (exact) mass is 491 g/mol. The number of non-ortho nitro benzene ring substituents is 1. The number of carbonyl (C=O) groups excluding carboxylic acids is 2. The smallest absolute Gasteiger partial charge is 0.269 e. The summed E-state index contributed by atoms with van der Waals surface area (Å²) >= 11 is 0. The quantitative estimate of drug-likeness (QED) is 0.283. The molecule has 1 aromatic heterocycles. The summed E-state index contributed by atoms with van der Waals surface area (Å²) in [4.78, 5) is 40.0. The molecule has 10 nitrogen and oxygen atoms in total. The second-order valence-electron chi connectivity index (χ2n) is 8.94. The van der Waals surface area contributed by atoms with E-state index in [4.69, 9.17) is 9.15 Å². The number of rotatable bonds is 8. The first kappa shape index (κ1) is 23.7. The molecule has 5 rings (SSSR count). The van der Waals surface area contributed by atoms with E-state index in [1.807, 2.05) is 0 Å². The largest absolute Gasteiger partial charge is 0.868 e. The van der Waals surface area contributed by atoms with E-state index < -0.39 is 28.4 Å². The number of Topliss-reactive ketones (excluding diaryl/α,β-unsaturated/α-hetero) is 1. The van der Waals surface area contributed by atoms with Gasteiger partial charge in [-0.3, -0.25) is 19.7 Å². The molecule has 1 saturated heterocycles. The lowest BCUT2D eigenvalue weighted by Gasteiger charge is -2.29.